The highest BCUT2D eigenvalue weighted by molar-refractivity contribution is 5.80. The molecule has 1 rings (SSSR count). The first kappa shape index (κ1) is 16.4. The fraction of sp³-hybridized carbons (Fsp3) is 0.533. The lowest BCUT2D eigenvalue weighted by Crippen LogP contribution is -2.37. The summed E-state index contributed by atoms with van der Waals surface area (Å²) < 4.78 is 14.2. The van der Waals surface area contributed by atoms with Crippen LogP contribution in [0.4, 0.5) is 10.1 Å². The van der Waals surface area contributed by atoms with Crippen LogP contribution in [0.1, 0.15) is 26.3 Å². The Kier molecular flexibility index (Phi) is 6.45. The van der Waals surface area contributed by atoms with E-state index in [0.717, 1.165) is 12.1 Å². The predicted molar refractivity (Wildman–Crippen MR) is 80.0 cm³/mol. The van der Waals surface area contributed by atoms with Crippen molar-refractivity contribution in [1.82, 2.24) is 5.32 Å². The Balaban J connectivity index is 3.11. The van der Waals surface area contributed by atoms with Gasteiger partial charge in [-0.05, 0) is 24.1 Å². The number of hydrogen-bond acceptors (Lipinski definition) is 3. The summed E-state index contributed by atoms with van der Waals surface area (Å²) in [4.78, 5) is 13.0. The maximum absolute atomic E-state index is 14.2. The number of amides is 1. The van der Waals surface area contributed by atoms with Crippen LogP contribution in [0.15, 0.2) is 18.2 Å². The molecule has 3 N–H and O–H groups in total. The predicted octanol–water partition coefficient (Wildman–Crippen LogP) is 1.88. The number of carbonyl (C=O) groups is 1. The van der Waals surface area contributed by atoms with Crippen molar-refractivity contribution in [3.63, 3.8) is 0 Å². The van der Waals surface area contributed by atoms with E-state index in [1.54, 1.807) is 11.0 Å². The molecule has 0 aromatic heterocycles. The second kappa shape index (κ2) is 7.85. The molecule has 1 aromatic rings. The van der Waals surface area contributed by atoms with Gasteiger partial charge >= 0.3 is 0 Å². The topological polar surface area (TPSA) is 58.4 Å². The van der Waals surface area contributed by atoms with Gasteiger partial charge in [-0.2, -0.15) is 0 Å². The number of hydrogen-bond donors (Lipinski definition) is 2. The molecule has 0 saturated carbocycles. The largest absolute Gasteiger partial charge is 0.368 e. The molecule has 20 heavy (non-hydrogen) atoms. The maximum Gasteiger partial charge on any atom is 0.236 e. The van der Waals surface area contributed by atoms with Crippen molar-refractivity contribution < 1.29 is 9.18 Å². The van der Waals surface area contributed by atoms with Gasteiger partial charge in [-0.3, -0.25) is 4.79 Å². The Hall–Kier alpha value is -1.62. The van der Waals surface area contributed by atoms with Crippen molar-refractivity contribution in [2.24, 2.45) is 11.7 Å². The highest BCUT2D eigenvalue weighted by atomic mass is 19.1. The molecule has 0 heterocycles. The molecule has 0 unspecified atom stereocenters. The lowest BCUT2D eigenvalue weighted by molar-refractivity contribution is -0.116. The third-order valence-electron chi connectivity index (χ3n) is 2.88. The van der Waals surface area contributed by atoms with Crippen molar-refractivity contribution in [3.8, 4) is 0 Å². The maximum atomic E-state index is 14.2. The number of nitrogens with zero attached hydrogens (tertiary/aromatic N) is 1. The van der Waals surface area contributed by atoms with Crippen LogP contribution in [-0.2, 0) is 11.3 Å². The van der Waals surface area contributed by atoms with Gasteiger partial charge in [0, 0.05) is 13.1 Å². The van der Waals surface area contributed by atoms with Gasteiger partial charge in [-0.1, -0.05) is 32.9 Å². The van der Waals surface area contributed by atoms with Crippen molar-refractivity contribution in [2.45, 2.75) is 27.3 Å². The molecule has 0 fully saturated rings. The molecule has 1 amide bonds. The smallest absolute Gasteiger partial charge is 0.236 e. The van der Waals surface area contributed by atoms with E-state index in [-0.39, 0.29) is 12.4 Å². The molecule has 0 aliphatic heterocycles. The molecular weight excluding hydrogens is 257 g/mol. The molecular formula is C15H24FN3O. The van der Waals surface area contributed by atoms with Gasteiger partial charge in [0.05, 0.1) is 12.2 Å². The number of para-hydroxylation sites is 1. The van der Waals surface area contributed by atoms with E-state index in [1.807, 2.05) is 26.8 Å². The SMILES string of the molecule is CCNCc1cccc(F)c1N(CC(N)=O)CC(C)C. The zero-order valence-corrected chi connectivity index (χ0v) is 12.4. The molecule has 1 aromatic carbocycles. The van der Waals surface area contributed by atoms with Crippen LogP contribution in [0.3, 0.4) is 0 Å². The van der Waals surface area contributed by atoms with E-state index in [9.17, 15) is 9.18 Å². The monoisotopic (exact) mass is 281 g/mol. The van der Waals surface area contributed by atoms with Crippen LogP contribution in [0.5, 0.6) is 0 Å². The number of rotatable bonds is 8. The highest BCUT2D eigenvalue weighted by Crippen LogP contribution is 2.25. The second-order valence-electron chi connectivity index (χ2n) is 5.27. The third kappa shape index (κ3) is 4.81. The average molecular weight is 281 g/mol. The minimum absolute atomic E-state index is 0.0260. The first-order valence-electron chi connectivity index (χ1n) is 6.97. The summed E-state index contributed by atoms with van der Waals surface area (Å²) >= 11 is 0. The molecule has 0 aliphatic rings. The van der Waals surface area contributed by atoms with Crippen LogP contribution >= 0.6 is 0 Å². The first-order valence-corrected chi connectivity index (χ1v) is 6.97. The van der Waals surface area contributed by atoms with Crippen molar-refractivity contribution in [3.05, 3.63) is 29.6 Å². The standard InChI is InChI=1S/C15H24FN3O/c1-4-18-8-12-6-5-7-13(16)15(12)19(9-11(2)3)10-14(17)20/h5-7,11,18H,4,8-10H2,1-3H3,(H2,17,20). The molecule has 5 heteroatoms. The second-order valence-corrected chi connectivity index (χ2v) is 5.27. The Bertz CT molecular complexity index is 449. The average Bonchev–Trinajstić information content (AvgIpc) is 2.34. The van der Waals surface area contributed by atoms with Gasteiger partial charge in [0.1, 0.15) is 5.82 Å². The Morgan fingerprint density at radius 3 is 2.70 bits per heavy atom. The number of nitrogens with two attached hydrogens (primary N) is 1. The zero-order valence-electron chi connectivity index (χ0n) is 12.4. The Morgan fingerprint density at radius 2 is 2.15 bits per heavy atom. The number of halogens is 1. The fourth-order valence-corrected chi connectivity index (χ4v) is 2.18. The van der Waals surface area contributed by atoms with Gasteiger partial charge in [0.15, 0.2) is 0 Å². The van der Waals surface area contributed by atoms with Gasteiger partial charge in [-0.15, -0.1) is 0 Å². The van der Waals surface area contributed by atoms with Crippen molar-refractivity contribution in [1.29, 1.82) is 0 Å². The van der Waals surface area contributed by atoms with Crippen molar-refractivity contribution in [2.75, 3.05) is 24.5 Å². The van der Waals surface area contributed by atoms with Crippen LogP contribution < -0.4 is 16.0 Å². The Morgan fingerprint density at radius 1 is 1.45 bits per heavy atom. The number of carbonyl (C=O) groups excluding carboxylic acids is 1. The van der Waals surface area contributed by atoms with Crippen molar-refractivity contribution >= 4 is 11.6 Å². The van der Waals surface area contributed by atoms with E-state index in [4.69, 9.17) is 5.73 Å². The van der Waals surface area contributed by atoms with Crippen LogP contribution in [0.25, 0.3) is 0 Å². The highest BCUT2D eigenvalue weighted by Gasteiger charge is 2.18. The lowest BCUT2D eigenvalue weighted by atomic mass is 10.1. The number of primary amides is 1. The summed E-state index contributed by atoms with van der Waals surface area (Å²) in [5.74, 6) is -0.466. The number of benzene rings is 1. The number of anilines is 1. The first-order chi connectivity index (χ1) is 9.45. The molecule has 0 radical (unpaired) electrons. The van der Waals surface area contributed by atoms with Crippen LogP contribution in [0.2, 0.25) is 0 Å². The molecule has 0 bridgehead atoms. The van der Waals surface area contributed by atoms with E-state index in [2.05, 4.69) is 5.32 Å². The van der Waals surface area contributed by atoms with Gasteiger partial charge in [0.25, 0.3) is 0 Å². The summed E-state index contributed by atoms with van der Waals surface area (Å²) in [6.45, 7) is 8.03. The Labute approximate surface area is 120 Å². The molecule has 0 atom stereocenters. The fourth-order valence-electron chi connectivity index (χ4n) is 2.18. The van der Waals surface area contributed by atoms with Crippen LogP contribution in [0, 0.1) is 11.7 Å². The molecule has 112 valence electrons. The quantitative estimate of drug-likeness (QED) is 0.765. The minimum atomic E-state index is -0.455. The number of nitrogens with one attached hydrogen (secondary N) is 1. The zero-order chi connectivity index (χ0) is 15.1. The van der Waals surface area contributed by atoms with E-state index >= 15 is 0 Å². The molecule has 0 saturated heterocycles. The summed E-state index contributed by atoms with van der Waals surface area (Å²) in [7, 11) is 0. The van der Waals surface area contributed by atoms with E-state index in [0.29, 0.717) is 24.7 Å². The minimum Gasteiger partial charge on any atom is -0.368 e. The molecule has 0 spiro atoms. The van der Waals surface area contributed by atoms with Crippen LogP contribution in [-0.4, -0.2) is 25.5 Å². The normalized spacial score (nSPS) is 10.8. The van der Waals surface area contributed by atoms with Gasteiger partial charge < -0.3 is 16.0 Å². The third-order valence-corrected chi connectivity index (χ3v) is 2.88. The molecule has 0 aliphatic carbocycles. The lowest BCUT2D eigenvalue weighted by Gasteiger charge is -2.28. The van der Waals surface area contributed by atoms with E-state index < -0.39 is 5.91 Å². The van der Waals surface area contributed by atoms with Gasteiger partial charge in [-0.25, -0.2) is 4.39 Å². The van der Waals surface area contributed by atoms with Gasteiger partial charge in [0.2, 0.25) is 5.91 Å². The summed E-state index contributed by atoms with van der Waals surface area (Å²) in [6, 6.07) is 4.97. The summed E-state index contributed by atoms with van der Waals surface area (Å²) in [6.07, 6.45) is 0. The summed E-state index contributed by atoms with van der Waals surface area (Å²) in [5.41, 5.74) is 6.60. The molecule has 4 nitrogen and oxygen atoms in total. The summed E-state index contributed by atoms with van der Waals surface area (Å²) in [5, 5.41) is 3.18. The van der Waals surface area contributed by atoms with E-state index in [1.165, 1.54) is 6.07 Å².